The normalized spacial score (nSPS) is 42.2. The molecule has 10 rings (SSSR count). The topological polar surface area (TPSA) is 52.6 Å². The van der Waals surface area contributed by atoms with Crippen LogP contribution in [-0.2, 0) is 19.1 Å². The van der Waals surface area contributed by atoms with E-state index in [0.29, 0.717) is 23.7 Å². The Balaban J connectivity index is 1.36. The maximum absolute atomic E-state index is 12.8. The Morgan fingerprint density at radius 2 is 0.844 bits per heavy atom. The van der Waals surface area contributed by atoms with Gasteiger partial charge in [-0.2, -0.15) is 0 Å². The SMILES string of the molecule is COC(=O)C1[C@@H]2[C@H]1[C@@H]1C3=C([C@@H]4c5ccccc5[C@H]3[C@H]3C(C(=O)OC)[C@H]34)[C@H]2c2ccccc21. The van der Waals surface area contributed by atoms with E-state index < -0.39 is 0 Å². The van der Waals surface area contributed by atoms with E-state index >= 15 is 0 Å². The second kappa shape index (κ2) is 5.54. The van der Waals surface area contributed by atoms with Gasteiger partial charge in [0.1, 0.15) is 0 Å². The average molecular weight is 424 g/mol. The third kappa shape index (κ3) is 1.74. The summed E-state index contributed by atoms with van der Waals surface area (Å²) < 4.78 is 10.5. The van der Waals surface area contributed by atoms with Crippen LogP contribution in [0.5, 0.6) is 0 Å². The van der Waals surface area contributed by atoms with Crippen LogP contribution in [0.25, 0.3) is 0 Å². The standard InChI is InChI=1S/C28H24O4/c1-31-27(29)25-21-15-11-7-3-4-8-12(11)16(22(21)25)20-18-14-10-6-5-9-13(14)17(19(15)20)23-24(18)26(23)28(30)32-2/h3-10,15-18,21-26H,1-2H3/t15-,16+,17+,18-,21-,22+,23-,24+,25?,26?. The molecular weight excluding hydrogens is 400 g/mol. The van der Waals surface area contributed by atoms with Crippen LogP contribution in [0.1, 0.15) is 45.9 Å². The number of methoxy groups -OCH3 is 2. The Bertz CT molecular complexity index is 1100. The van der Waals surface area contributed by atoms with E-state index in [1.165, 1.54) is 47.6 Å². The van der Waals surface area contributed by atoms with Gasteiger partial charge in [-0.3, -0.25) is 9.59 Å². The van der Waals surface area contributed by atoms with E-state index in [2.05, 4.69) is 48.5 Å². The van der Waals surface area contributed by atoms with Crippen molar-refractivity contribution in [2.75, 3.05) is 14.2 Å². The van der Waals surface area contributed by atoms with Gasteiger partial charge >= 0.3 is 11.9 Å². The first-order valence-corrected chi connectivity index (χ1v) is 11.8. The van der Waals surface area contributed by atoms with E-state index in [-0.39, 0.29) is 47.4 Å². The zero-order chi connectivity index (χ0) is 21.5. The smallest absolute Gasteiger partial charge is 0.309 e. The Labute approximate surface area is 186 Å². The molecule has 4 heteroatoms. The van der Waals surface area contributed by atoms with Gasteiger partial charge in [0.05, 0.1) is 26.1 Å². The van der Waals surface area contributed by atoms with Crippen molar-refractivity contribution in [2.45, 2.75) is 23.7 Å². The summed E-state index contributed by atoms with van der Waals surface area (Å²) in [5, 5.41) is 0. The third-order valence-corrected chi connectivity index (χ3v) is 9.76. The summed E-state index contributed by atoms with van der Waals surface area (Å²) in [5.74, 6) is 2.27. The molecule has 8 aliphatic carbocycles. The van der Waals surface area contributed by atoms with E-state index in [1.807, 2.05) is 0 Å². The summed E-state index contributed by atoms with van der Waals surface area (Å²) in [6.07, 6.45) is 0. The number of carbonyl (C=O) groups is 2. The van der Waals surface area contributed by atoms with Crippen molar-refractivity contribution in [1.29, 1.82) is 0 Å². The monoisotopic (exact) mass is 424 g/mol. The predicted octanol–water partition coefficient (Wildman–Crippen LogP) is 4.14. The largest absolute Gasteiger partial charge is 0.469 e. The second-order valence-electron chi connectivity index (χ2n) is 10.5. The Kier molecular flexibility index (Phi) is 3.05. The van der Waals surface area contributed by atoms with E-state index in [4.69, 9.17) is 9.47 Å². The molecule has 0 amide bonds. The van der Waals surface area contributed by atoms with Crippen LogP contribution < -0.4 is 0 Å². The van der Waals surface area contributed by atoms with Gasteiger partial charge in [0.2, 0.25) is 0 Å². The molecule has 0 heterocycles. The quantitative estimate of drug-likeness (QED) is 0.537. The average Bonchev–Trinajstić information content (AvgIpc) is 3.75. The number of allylic oxidation sites excluding steroid dienone is 2. The van der Waals surface area contributed by atoms with Gasteiger partial charge in [-0.25, -0.2) is 0 Å². The summed E-state index contributed by atoms with van der Waals surface area (Å²) in [6.45, 7) is 0. The van der Waals surface area contributed by atoms with Gasteiger partial charge in [0, 0.05) is 23.7 Å². The molecule has 0 aromatic heterocycles. The van der Waals surface area contributed by atoms with Crippen LogP contribution in [0.3, 0.4) is 0 Å². The van der Waals surface area contributed by atoms with Gasteiger partial charge in [-0.15, -0.1) is 0 Å². The minimum absolute atomic E-state index is 0.0109. The summed E-state index contributed by atoms with van der Waals surface area (Å²) in [5.41, 5.74) is 8.69. The molecule has 10 atom stereocenters. The number of ether oxygens (including phenoxy) is 2. The molecule has 2 fully saturated rings. The predicted molar refractivity (Wildman–Crippen MR) is 116 cm³/mol. The molecule has 2 saturated carbocycles. The van der Waals surface area contributed by atoms with Gasteiger partial charge in [0.15, 0.2) is 0 Å². The lowest BCUT2D eigenvalue weighted by Gasteiger charge is -2.52. The van der Waals surface area contributed by atoms with Gasteiger partial charge in [-0.1, -0.05) is 59.7 Å². The first-order valence-electron chi connectivity index (χ1n) is 11.8. The first kappa shape index (κ1) is 17.6. The van der Waals surface area contributed by atoms with Crippen molar-refractivity contribution in [3.05, 3.63) is 81.9 Å². The highest BCUT2D eigenvalue weighted by molar-refractivity contribution is 5.83. The summed E-state index contributed by atoms with van der Waals surface area (Å²) in [4.78, 5) is 25.5. The molecule has 0 N–H and O–H groups in total. The lowest BCUT2D eigenvalue weighted by molar-refractivity contribution is -0.143. The first-order chi connectivity index (χ1) is 15.7. The van der Waals surface area contributed by atoms with Crippen LogP contribution in [0.15, 0.2) is 59.7 Å². The summed E-state index contributed by atoms with van der Waals surface area (Å²) in [7, 11) is 3.04. The number of esters is 2. The molecule has 4 nitrogen and oxygen atoms in total. The summed E-state index contributed by atoms with van der Waals surface area (Å²) >= 11 is 0. The Morgan fingerprint density at radius 3 is 1.09 bits per heavy atom. The van der Waals surface area contributed by atoms with Crippen molar-refractivity contribution in [2.24, 2.45) is 35.5 Å². The van der Waals surface area contributed by atoms with Gasteiger partial charge in [-0.05, 0) is 45.9 Å². The molecule has 160 valence electrons. The van der Waals surface area contributed by atoms with Crippen LogP contribution in [0, 0.1) is 35.5 Å². The molecule has 2 aromatic carbocycles. The van der Waals surface area contributed by atoms with Crippen molar-refractivity contribution >= 4 is 11.9 Å². The van der Waals surface area contributed by atoms with E-state index in [9.17, 15) is 9.59 Å². The highest BCUT2D eigenvalue weighted by Crippen LogP contribution is 2.82. The molecule has 4 bridgehead atoms. The third-order valence-electron chi connectivity index (χ3n) is 9.76. The van der Waals surface area contributed by atoms with Gasteiger partial charge in [0.25, 0.3) is 0 Å². The van der Waals surface area contributed by atoms with Gasteiger partial charge < -0.3 is 9.47 Å². The number of carbonyl (C=O) groups excluding carboxylic acids is 2. The van der Waals surface area contributed by atoms with E-state index in [0.717, 1.165) is 0 Å². The lowest BCUT2D eigenvalue weighted by Crippen LogP contribution is -2.39. The van der Waals surface area contributed by atoms with Crippen LogP contribution in [-0.4, -0.2) is 26.2 Å². The minimum atomic E-state index is -0.0508. The maximum Gasteiger partial charge on any atom is 0.309 e. The van der Waals surface area contributed by atoms with Crippen molar-refractivity contribution in [1.82, 2.24) is 0 Å². The zero-order valence-electron chi connectivity index (χ0n) is 18.0. The van der Waals surface area contributed by atoms with Crippen LogP contribution >= 0.6 is 0 Å². The van der Waals surface area contributed by atoms with Crippen LogP contribution in [0.2, 0.25) is 0 Å². The number of hydrogen-bond donors (Lipinski definition) is 0. The summed E-state index contributed by atoms with van der Waals surface area (Å²) in [6, 6.07) is 17.6. The fraction of sp³-hybridized carbons (Fsp3) is 0.429. The highest BCUT2D eigenvalue weighted by atomic mass is 16.5. The zero-order valence-corrected chi connectivity index (χ0v) is 18.0. The molecular formula is C28H24O4. The molecule has 0 aliphatic heterocycles. The molecule has 32 heavy (non-hydrogen) atoms. The fourth-order valence-electron chi connectivity index (χ4n) is 8.93. The number of hydrogen-bond acceptors (Lipinski definition) is 4. The molecule has 0 saturated heterocycles. The molecule has 2 aromatic rings. The van der Waals surface area contributed by atoms with E-state index in [1.54, 1.807) is 0 Å². The van der Waals surface area contributed by atoms with Crippen molar-refractivity contribution < 1.29 is 19.1 Å². The highest BCUT2D eigenvalue weighted by Gasteiger charge is 2.77. The second-order valence-corrected chi connectivity index (χ2v) is 10.5. The Morgan fingerprint density at radius 1 is 0.562 bits per heavy atom. The van der Waals surface area contributed by atoms with Crippen molar-refractivity contribution in [3.63, 3.8) is 0 Å². The Hall–Kier alpha value is -2.88. The number of benzene rings is 2. The fourth-order valence-corrected chi connectivity index (χ4v) is 8.93. The molecule has 0 radical (unpaired) electrons. The van der Waals surface area contributed by atoms with Crippen LogP contribution in [0.4, 0.5) is 0 Å². The minimum Gasteiger partial charge on any atom is -0.469 e. The molecule has 8 aliphatic rings. The number of rotatable bonds is 2. The molecule has 2 unspecified atom stereocenters. The lowest BCUT2D eigenvalue weighted by atomic mass is 9.51. The maximum atomic E-state index is 12.8. The molecule has 0 spiro atoms. The van der Waals surface area contributed by atoms with Crippen molar-refractivity contribution in [3.8, 4) is 0 Å².